The van der Waals surface area contributed by atoms with E-state index < -0.39 is 11.5 Å². The van der Waals surface area contributed by atoms with Crippen LogP contribution in [0.15, 0.2) is 46.5 Å². The highest BCUT2D eigenvalue weighted by Crippen LogP contribution is 2.18. The van der Waals surface area contributed by atoms with Crippen LogP contribution in [0.3, 0.4) is 0 Å². The van der Waals surface area contributed by atoms with Crippen molar-refractivity contribution in [3.8, 4) is 5.69 Å². The summed E-state index contributed by atoms with van der Waals surface area (Å²) in [7, 11) is 0. The maximum Gasteiger partial charge on any atom is 0.313 e. The first-order valence-electron chi connectivity index (χ1n) is 5.26. The van der Waals surface area contributed by atoms with Crippen LogP contribution in [0.5, 0.6) is 0 Å². The van der Waals surface area contributed by atoms with Gasteiger partial charge in [-0.25, -0.2) is 4.39 Å². The Bertz CT molecular complexity index is 655. The van der Waals surface area contributed by atoms with Crippen LogP contribution in [0, 0.1) is 5.82 Å². The van der Waals surface area contributed by atoms with Crippen LogP contribution in [0.1, 0.15) is 0 Å². The zero-order chi connectivity index (χ0) is 13.8. The second-order valence-corrected chi connectivity index (χ2v) is 4.52. The average molecular weight is 280 g/mol. The third-order valence-corrected chi connectivity index (χ3v) is 3.15. The van der Waals surface area contributed by atoms with Gasteiger partial charge in [-0.05, 0) is 24.3 Å². The summed E-state index contributed by atoms with van der Waals surface area (Å²) in [5.41, 5.74) is 0.146. The summed E-state index contributed by atoms with van der Waals surface area (Å²) < 4.78 is 14.4. The first kappa shape index (κ1) is 13.3. The van der Waals surface area contributed by atoms with Crippen molar-refractivity contribution < 1.29 is 14.3 Å². The molecule has 0 unspecified atom stereocenters. The maximum atomic E-state index is 12.9. The Morgan fingerprint density at radius 1 is 1.32 bits per heavy atom. The summed E-state index contributed by atoms with van der Waals surface area (Å²) in [6.45, 7) is 0. The van der Waals surface area contributed by atoms with Crippen molar-refractivity contribution in [2.75, 3.05) is 5.75 Å². The van der Waals surface area contributed by atoms with Crippen molar-refractivity contribution in [2.24, 2.45) is 0 Å². The zero-order valence-corrected chi connectivity index (χ0v) is 10.4. The molecule has 1 heterocycles. The van der Waals surface area contributed by atoms with Gasteiger partial charge in [0.1, 0.15) is 5.82 Å². The summed E-state index contributed by atoms with van der Waals surface area (Å²) in [4.78, 5) is 25.5. The summed E-state index contributed by atoms with van der Waals surface area (Å²) in [6, 6.07) is 6.85. The molecule has 7 heteroatoms. The van der Waals surface area contributed by atoms with Gasteiger partial charge in [0, 0.05) is 18.0 Å². The van der Waals surface area contributed by atoms with Crippen LogP contribution in [0.25, 0.3) is 5.69 Å². The Morgan fingerprint density at radius 3 is 2.63 bits per heavy atom. The number of hydrogen-bond acceptors (Lipinski definition) is 4. The van der Waals surface area contributed by atoms with Crippen LogP contribution < -0.4 is 5.56 Å². The number of carboxylic acid groups (broad SMARTS) is 1. The minimum absolute atomic E-state index is 0.211. The summed E-state index contributed by atoms with van der Waals surface area (Å²) in [5.74, 6) is -1.59. The highest BCUT2D eigenvalue weighted by molar-refractivity contribution is 7.99. The van der Waals surface area contributed by atoms with Crippen LogP contribution in [0.2, 0.25) is 0 Å². The van der Waals surface area contributed by atoms with Crippen LogP contribution >= 0.6 is 11.8 Å². The average Bonchev–Trinajstić information content (AvgIpc) is 2.38. The molecule has 0 spiro atoms. The number of halogens is 1. The number of carboxylic acids is 1. The molecule has 19 heavy (non-hydrogen) atoms. The molecule has 0 aliphatic rings. The first-order valence-corrected chi connectivity index (χ1v) is 6.25. The highest BCUT2D eigenvalue weighted by atomic mass is 32.2. The van der Waals surface area contributed by atoms with E-state index >= 15 is 0 Å². The number of thioether (sulfide) groups is 1. The number of rotatable bonds is 4. The van der Waals surface area contributed by atoms with Gasteiger partial charge in [0.25, 0.3) is 5.56 Å². The molecule has 0 aliphatic heterocycles. The van der Waals surface area contributed by atoms with Crippen LogP contribution in [-0.2, 0) is 4.79 Å². The third-order valence-electron chi connectivity index (χ3n) is 2.21. The Kier molecular flexibility index (Phi) is 3.96. The van der Waals surface area contributed by atoms with Gasteiger partial charge < -0.3 is 5.11 Å². The number of hydrogen-bond donors (Lipinski definition) is 1. The van der Waals surface area contributed by atoms with E-state index in [0.29, 0.717) is 5.69 Å². The largest absolute Gasteiger partial charge is 0.481 e. The SMILES string of the molecule is O=C(O)CSc1nc(=O)ccn1-c1ccc(F)cc1. The number of carbonyl (C=O) groups is 1. The molecule has 0 fully saturated rings. The second-order valence-electron chi connectivity index (χ2n) is 3.58. The van der Waals surface area contributed by atoms with Gasteiger partial charge in [0.05, 0.1) is 5.75 Å². The highest BCUT2D eigenvalue weighted by Gasteiger charge is 2.08. The topological polar surface area (TPSA) is 72.2 Å². The first-order chi connectivity index (χ1) is 9.06. The van der Waals surface area contributed by atoms with Crippen molar-refractivity contribution in [1.82, 2.24) is 9.55 Å². The van der Waals surface area contributed by atoms with Gasteiger partial charge >= 0.3 is 5.97 Å². The van der Waals surface area contributed by atoms with E-state index in [-0.39, 0.29) is 16.7 Å². The van der Waals surface area contributed by atoms with Gasteiger partial charge in [-0.2, -0.15) is 4.98 Å². The zero-order valence-electron chi connectivity index (χ0n) is 9.62. The van der Waals surface area contributed by atoms with E-state index in [0.717, 1.165) is 11.8 Å². The van der Waals surface area contributed by atoms with E-state index in [1.165, 1.54) is 41.1 Å². The smallest absolute Gasteiger partial charge is 0.313 e. The monoisotopic (exact) mass is 280 g/mol. The molecule has 0 amide bonds. The predicted octanol–water partition coefficient (Wildman–Crippen LogP) is 1.55. The minimum Gasteiger partial charge on any atom is -0.481 e. The molecule has 0 bridgehead atoms. The van der Waals surface area contributed by atoms with E-state index in [1.807, 2.05) is 0 Å². The van der Waals surface area contributed by atoms with Crippen molar-refractivity contribution in [1.29, 1.82) is 0 Å². The molecule has 98 valence electrons. The summed E-state index contributed by atoms with van der Waals surface area (Å²) >= 11 is 0.927. The molecule has 0 atom stereocenters. The minimum atomic E-state index is -1.01. The molecule has 1 aromatic heterocycles. The molecule has 0 radical (unpaired) electrons. The van der Waals surface area contributed by atoms with E-state index in [1.54, 1.807) is 0 Å². The molecule has 0 saturated carbocycles. The number of aromatic nitrogens is 2. The van der Waals surface area contributed by atoms with Crippen molar-refractivity contribution in [2.45, 2.75) is 5.16 Å². The van der Waals surface area contributed by atoms with Crippen molar-refractivity contribution in [3.63, 3.8) is 0 Å². The molecule has 2 aromatic rings. The number of benzene rings is 1. The quantitative estimate of drug-likeness (QED) is 0.679. The van der Waals surface area contributed by atoms with Gasteiger partial charge in [0.15, 0.2) is 5.16 Å². The van der Waals surface area contributed by atoms with Crippen LogP contribution in [-0.4, -0.2) is 26.4 Å². The van der Waals surface area contributed by atoms with E-state index in [2.05, 4.69) is 4.98 Å². The van der Waals surface area contributed by atoms with Gasteiger partial charge in [0.2, 0.25) is 0 Å². The third kappa shape index (κ3) is 3.41. The lowest BCUT2D eigenvalue weighted by atomic mass is 10.3. The maximum absolute atomic E-state index is 12.9. The van der Waals surface area contributed by atoms with Gasteiger partial charge in [-0.15, -0.1) is 0 Å². The molecule has 1 aromatic carbocycles. The molecule has 0 saturated heterocycles. The Morgan fingerprint density at radius 2 is 2.00 bits per heavy atom. The summed E-state index contributed by atoms with van der Waals surface area (Å²) in [5, 5.41) is 8.91. The van der Waals surface area contributed by atoms with Crippen LogP contribution in [0.4, 0.5) is 4.39 Å². The molecule has 5 nitrogen and oxygen atoms in total. The molecule has 0 aliphatic carbocycles. The van der Waals surface area contributed by atoms with E-state index in [4.69, 9.17) is 5.11 Å². The number of aliphatic carboxylic acids is 1. The molecular weight excluding hydrogens is 271 g/mol. The lowest BCUT2D eigenvalue weighted by Gasteiger charge is -2.10. The van der Waals surface area contributed by atoms with E-state index in [9.17, 15) is 14.0 Å². The predicted molar refractivity (Wildman–Crippen MR) is 68.2 cm³/mol. The molecule has 1 N–H and O–H groups in total. The fourth-order valence-corrected chi connectivity index (χ4v) is 2.13. The fourth-order valence-electron chi connectivity index (χ4n) is 1.41. The number of nitrogens with zero attached hydrogens (tertiary/aromatic N) is 2. The van der Waals surface area contributed by atoms with Gasteiger partial charge in [-0.1, -0.05) is 11.8 Å². The Balaban J connectivity index is 2.41. The molecule has 2 rings (SSSR count). The van der Waals surface area contributed by atoms with Gasteiger partial charge in [-0.3, -0.25) is 14.2 Å². The summed E-state index contributed by atoms with van der Waals surface area (Å²) in [6.07, 6.45) is 1.48. The normalized spacial score (nSPS) is 10.4. The van der Waals surface area contributed by atoms with Crippen molar-refractivity contribution in [3.05, 3.63) is 52.7 Å². The fraction of sp³-hybridized carbons (Fsp3) is 0.0833. The molecular formula is C12H9FN2O3S. The van der Waals surface area contributed by atoms with Crippen molar-refractivity contribution >= 4 is 17.7 Å². The lowest BCUT2D eigenvalue weighted by molar-refractivity contribution is -0.133. The Hall–Kier alpha value is -2.15. The standard InChI is InChI=1S/C12H9FN2O3S/c13-8-1-3-9(4-2-8)15-6-5-10(16)14-12(15)19-7-11(17)18/h1-6H,7H2,(H,17,18). The Labute approximate surface area is 111 Å². The second kappa shape index (κ2) is 5.66. The lowest BCUT2D eigenvalue weighted by Crippen LogP contribution is -2.13.